The number of allylic oxidation sites excluding steroid dienone is 1. The minimum Gasteiger partial charge on any atom is -0.502 e. The highest BCUT2D eigenvalue weighted by Crippen LogP contribution is 2.20. The Hall–Kier alpha value is -2.60. The van der Waals surface area contributed by atoms with Crippen molar-refractivity contribution < 1.29 is 19.8 Å². The van der Waals surface area contributed by atoms with Crippen LogP contribution in [0.4, 0.5) is 5.69 Å². The average Bonchev–Trinajstić information content (AvgIpc) is 2.90. The standard InChI is InChI=1S/C15H13NO4S/c16-11-3-1-9(2-4-11)5-12-6-10(8-21-12)13(17)7-14(18)15(19)20/h1-4,6-8,18H,5,16H2,(H,19,20)/b14-7-. The molecule has 0 amide bonds. The first kappa shape index (κ1) is 14.8. The van der Waals surface area contributed by atoms with Crippen molar-refractivity contribution >= 4 is 28.8 Å². The summed E-state index contributed by atoms with van der Waals surface area (Å²) in [4.78, 5) is 23.2. The van der Waals surface area contributed by atoms with Gasteiger partial charge in [-0.1, -0.05) is 12.1 Å². The summed E-state index contributed by atoms with van der Waals surface area (Å²) in [6, 6.07) is 9.12. The van der Waals surface area contributed by atoms with Crippen LogP contribution in [0.15, 0.2) is 47.5 Å². The number of anilines is 1. The first-order valence-electron chi connectivity index (χ1n) is 6.06. The average molecular weight is 303 g/mol. The van der Waals surface area contributed by atoms with E-state index in [1.165, 1.54) is 11.3 Å². The van der Waals surface area contributed by atoms with Gasteiger partial charge in [0.15, 0.2) is 5.78 Å². The number of aliphatic hydroxyl groups excluding tert-OH is 1. The van der Waals surface area contributed by atoms with Crippen LogP contribution in [0.3, 0.4) is 0 Å². The third kappa shape index (κ3) is 3.93. The van der Waals surface area contributed by atoms with Gasteiger partial charge >= 0.3 is 5.97 Å². The molecule has 1 aromatic carbocycles. The van der Waals surface area contributed by atoms with Crippen LogP contribution in [0, 0.1) is 0 Å². The first-order chi connectivity index (χ1) is 9.95. The quantitative estimate of drug-likeness (QED) is 0.341. The maximum absolute atomic E-state index is 11.8. The van der Waals surface area contributed by atoms with Crippen LogP contribution >= 0.6 is 11.3 Å². The molecular formula is C15H13NO4S. The Kier molecular flexibility index (Phi) is 4.39. The minimum absolute atomic E-state index is 0.359. The van der Waals surface area contributed by atoms with Crippen LogP contribution in [0.5, 0.6) is 0 Å². The molecule has 0 bridgehead atoms. The molecule has 0 saturated carbocycles. The van der Waals surface area contributed by atoms with Gasteiger partial charge in [0.05, 0.1) is 0 Å². The van der Waals surface area contributed by atoms with Crippen LogP contribution in [0.2, 0.25) is 0 Å². The predicted octanol–water partition coefficient (Wildman–Crippen LogP) is 2.63. The zero-order valence-electron chi connectivity index (χ0n) is 10.9. The van der Waals surface area contributed by atoms with Crippen molar-refractivity contribution in [1.82, 2.24) is 0 Å². The highest BCUT2D eigenvalue weighted by Gasteiger charge is 2.11. The van der Waals surface area contributed by atoms with E-state index in [1.54, 1.807) is 11.4 Å². The van der Waals surface area contributed by atoms with Crippen LogP contribution in [-0.4, -0.2) is 22.0 Å². The van der Waals surface area contributed by atoms with Gasteiger partial charge in [-0.25, -0.2) is 4.79 Å². The number of carbonyl (C=O) groups is 2. The van der Waals surface area contributed by atoms with Crippen molar-refractivity contribution in [3.63, 3.8) is 0 Å². The van der Waals surface area contributed by atoms with Gasteiger partial charge in [0.25, 0.3) is 0 Å². The molecule has 0 radical (unpaired) electrons. The highest BCUT2D eigenvalue weighted by atomic mass is 32.1. The van der Waals surface area contributed by atoms with E-state index in [4.69, 9.17) is 15.9 Å². The number of ketones is 1. The van der Waals surface area contributed by atoms with E-state index >= 15 is 0 Å². The van der Waals surface area contributed by atoms with Crippen molar-refractivity contribution in [3.05, 3.63) is 63.6 Å². The van der Waals surface area contributed by atoms with E-state index in [1.807, 2.05) is 24.3 Å². The lowest BCUT2D eigenvalue weighted by Gasteiger charge is -1.99. The highest BCUT2D eigenvalue weighted by molar-refractivity contribution is 7.10. The zero-order valence-corrected chi connectivity index (χ0v) is 11.8. The van der Waals surface area contributed by atoms with Crippen molar-refractivity contribution in [2.24, 2.45) is 0 Å². The Morgan fingerprint density at radius 1 is 1.19 bits per heavy atom. The Morgan fingerprint density at radius 3 is 2.48 bits per heavy atom. The predicted molar refractivity (Wildman–Crippen MR) is 80.7 cm³/mol. The summed E-state index contributed by atoms with van der Waals surface area (Å²) >= 11 is 1.40. The lowest BCUT2D eigenvalue weighted by molar-refractivity contribution is -0.135. The molecule has 0 aliphatic rings. The number of rotatable bonds is 5. The number of aliphatic hydroxyl groups is 1. The first-order valence-corrected chi connectivity index (χ1v) is 6.94. The normalized spacial score (nSPS) is 11.3. The molecule has 0 unspecified atom stereocenters. The summed E-state index contributed by atoms with van der Waals surface area (Å²) in [5, 5.41) is 19.2. The summed E-state index contributed by atoms with van der Waals surface area (Å²) in [5.41, 5.74) is 7.73. The maximum Gasteiger partial charge on any atom is 0.371 e. The van der Waals surface area contributed by atoms with Crippen LogP contribution in [0.25, 0.3) is 0 Å². The zero-order chi connectivity index (χ0) is 15.4. The fraction of sp³-hybridized carbons (Fsp3) is 0.0667. The fourth-order valence-electron chi connectivity index (χ4n) is 1.71. The van der Waals surface area contributed by atoms with E-state index in [2.05, 4.69) is 0 Å². The van der Waals surface area contributed by atoms with Crippen molar-refractivity contribution in [3.8, 4) is 0 Å². The number of hydrogen-bond acceptors (Lipinski definition) is 5. The summed E-state index contributed by atoms with van der Waals surface area (Å²) in [6.45, 7) is 0. The van der Waals surface area contributed by atoms with Gasteiger partial charge in [-0.15, -0.1) is 11.3 Å². The summed E-state index contributed by atoms with van der Waals surface area (Å²) in [6.07, 6.45) is 1.37. The Balaban J connectivity index is 2.11. The van der Waals surface area contributed by atoms with E-state index in [9.17, 15) is 9.59 Å². The molecule has 0 saturated heterocycles. The van der Waals surface area contributed by atoms with Gasteiger partial charge in [-0.2, -0.15) is 0 Å². The Morgan fingerprint density at radius 2 is 1.86 bits per heavy atom. The third-order valence-electron chi connectivity index (χ3n) is 2.78. The molecule has 0 fully saturated rings. The van der Waals surface area contributed by atoms with E-state index in [0.717, 1.165) is 10.4 Å². The fourth-order valence-corrected chi connectivity index (χ4v) is 2.62. The van der Waals surface area contributed by atoms with Gasteiger partial charge < -0.3 is 15.9 Å². The smallest absolute Gasteiger partial charge is 0.371 e. The molecule has 6 heteroatoms. The van der Waals surface area contributed by atoms with Gasteiger partial charge in [0.1, 0.15) is 0 Å². The second kappa shape index (κ2) is 6.23. The third-order valence-corrected chi connectivity index (χ3v) is 3.72. The minimum atomic E-state index is -1.53. The Bertz CT molecular complexity index is 701. The van der Waals surface area contributed by atoms with Gasteiger partial charge in [-0.05, 0) is 23.8 Å². The molecule has 0 atom stereocenters. The van der Waals surface area contributed by atoms with Gasteiger partial charge in [0.2, 0.25) is 5.76 Å². The second-order valence-corrected chi connectivity index (χ2v) is 5.41. The van der Waals surface area contributed by atoms with Gasteiger partial charge in [0, 0.05) is 34.0 Å². The molecular weight excluding hydrogens is 290 g/mol. The number of hydrogen-bond donors (Lipinski definition) is 3. The summed E-state index contributed by atoms with van der Waals surface area (Å²) in [5.74, 6) is -3.03. The molecule has 1 aromatic heterocycles. The van der Waals surface area contributed by atoms with Crippen molar-refractivity contribution in [2.45, 2.75) is 6.42 Å². The molecule has 5 nitrogen and oxygen atoms in total. The van der Waals surface area contributed by atoms with Gasteiger partial charge in [-0.3, -0.25) is 4.79 Å². The van der Waals surface area contributed by atoms with E-state index in [0.29, 0.717) is 23.7 Å². The monoisotopic (exact) mass is 303 g/mol. The summed E-state index contributed by atoms with van der Waals surface area (Å²) < 4.78 is 0. The van der Waals surface area contributed by atoms with Crippen LogP contribution < -0.4 is 5.73 Å². The lowest BCUT2D eigenvalue weighted by atomic mass is 10.1. The number of carboxylic acid groups (broad SMARTS) is 1. The number of thiophene rings is 1. The molecule has 21 heavy (non-hydrogen) atoms. The molecule has 4 N–H and O–H groups in total. The van der Waals surface area contributed by atoms with Crippen molar-refractivity contribution in [2.75, 3.05) is 5.73 Å². The molecule has 0 aliphatic carbocycles. The number of nitrogens with two attached hydrogens (primary N) is 1. The summed E-state index contributed by atoms with van der Waals surface area (Å²) in [7, 11) is 0. The van der Waals surface area contributed by atoms with Crippen LogP contribution in [0.1, 0.15) is 20.8 Å². The second-order valence-electron chi connectivity index (χ2n) is 4.42. The van der Waals surface area contributed by atoms with Crippen LogP contribution in [-0.2, 0) is 11.2 Å². The Labute approximate surface area is 125 Å². The number of aliphatic carboxylic acids is 1. The maximum atomic E-state index is 11.8. The number of benzene rings is 1. The molecule has 108 valence electrons. The molecule has 2 aromatic rings. The largest absolute Gasteiger partial charge is 0.502 e. The molecule has 1 heterocycles. The van der Waals surface area contributed by atoms with E-state index < -0.39 is 17.5 Å². The molecule has 0 spiro atoms. The SMILES string of the molecule is Nc1ccc(Cc2cc(C(=O)/C=C(\O)C(=O)O)cs2)cc1. The lowest BCUT2D eigenvalue weighted by Crippen LogP contribution is -2.03. The topological polar surface area (TPSA) is 101 Å². The molecule has 2 rings (SSSR count). The molecule has 0 aliphatic heterocycles. The van der Waals surface area contributed by atoms with Crippen molar-refractivity contribution in [1.29, 1.82) is 0 Å². The number of carbonyl (C=O) groups excluding carboxylic acids is 1. The number of carboxylic acids is 1. The van der Waals surface area contributed by atoms with E-state index in [-0.39, 0.29) is 0 Å². The number of nitrogen functional groups attached to an aromatic ring is 1.